The van der Waals surface area contributed by atoms with Crippen LogP contribution >= 0.6 is 7.82 Å². The van der Waals surface area contributed by atoms with E-state index in [1.165, 1.54) is 0 Å². The van der Waals surface area contributed by atoms with Crippen LogP contribution in [0.4, 0.5) is 0 Å². The maximum absolute atomic E-state index is 12.3. The molecule has 0 radical (unpaired) electrons. The first-order valence-electron chi connectivity index (χ1n) is 7.87. The lowest BCUT2D eigenvalue weighted by atomic mass is 9.91. The number of hydrogen-bond acceptors (Lipinski definition) is 3. The van der Waals surface area contributed by atoms with Crippen molar-refractivity contribution in [1.29, 1.82) is 0 Å². The number of rotatable bonds is 3. The normalized spacial score (nSPS) is 19.1. The van der Waals surface area contributed by atoms with Crippen LogP contribution in [0, 0.1) is 13.8 Å². The van der Waals surface area contributed by atoms with Crippen molar-refractivity contribution in [2.24, 2.45) is 0 Å². The molecule has 0 spiro atoms. The molecule has 0 saturated heterocycles. The van der Waals surface area contributed by atoms with Gasteiger partial charge in [-0.1, -0.05) is 37.6 Å². The van der Waals surface area contributed by atoms with Gasteiger partial charge in [-0.15, -0.1) is 0 Å². The second-order valence-corrected chi connectivity index (χ2v) is 7.25. The van der Waals surface area contributed by atoms with E-state index < -0.39 is 7.82 Å². The highest BCUT2D eigenvalue weighted by Crippen LogP contribution is 2.56. The molecule has 1 atom stereocenters. The van der Waals surface area contributed by atoms with Crippen LogP contribution in [0.5, 0.6) is 11.5 Å². The molecule has 0 saturated carbocycles. The molecule has 1 aliphatic heterocycles. The third-order valence-electron chi connectivity index (χ3n) is 4.15. The van der Waals surface area contributed by atoms with Crippen molar-refractivity contribution in [3.63, 3.8) is 0 Å². The monoisotopic (exact) mass is 332 g/mol. The molecule has 2 aromatic rings. The minimum atomic E-state index is -4.19. The van der Waals surface area contributed by atoms with Crippen LogP contribution in [-0.4, -0.2) is 4.89 Å². The molecule has 0 fully saturated rings. The van der Waals surface area contributed by atoms with Gasteiger partial charge in [-0.2, -0.15) is 0 Å². The summed E-state index contributed by atoms with van der Waals surface area (Å²) >= 11 is 0. The van der Waals surface area contributed by atoms with Gasteiger partial charge in [0.1, 0.15) is 11.5 Å². The smallest absolute Gasteiger partial charge is 0.395 e. The summed E-state index contributed by atoms with van der Waals surface area (Å²) in [6.45, 7) is 6.07. The number of aryl methyl sites for hydroxylation is 3. The Bertz CT molecular complexity index is 798. The third kappa shape index (κ3) is 3.01. The zero-order chi connectivity index (χ0) is 16.6. The van der Waals surface area contributed by atoms with Crippen LogP contribution in [-0.2, 0) is 11.0 Å². The quantitative estimate of drug-likeness (QED) is 0.786. The Labute approximate surface area is 136 Å². The summed E-state index contributed by atoms with van der Waals surface area (Å²) in [5.41, 5.74) is 4.64. The van der Waals surface area contributed by atoms with E-state index in [1.54, 1.807) is 6.07 Å². The summed E-state index contributed by atoms with van der Waals surface area (Å²) in [6, 6.07) is 9.51. The number of unbranched alkanes of at least 4 members (excludes halogenated alkanes) is 1. The Morgan fingerprint density at radius 3 is 2.52 bits per heavy atom. The second-order valence-electron chi connectivity index (χ2n) is 5.95. The Hall–Kier alpha value is -1.77. The first kappa shape index (κ1) is 16.1. The number of fused-ring (bicyclic) bond motifs is 3. The number of phosphoric ester groups is 1. The van der Waals surface area contributed by atoms with E-state index in [0.717, 1.165) is 47.1 Å². The van der Waals surface area contributed by atoms with E-state index in [4.69, 9.17) is 9.05 Å². The molecule has 2 aromatic carbocycles. The summed E-state index contributed by atoms with van der Waals surface area (Å²) in [5.74, 6) is 0.877. The largest absolute Gasteiger partial charge is 0.584 e. The van der Waals surface area contributed by atoms with Gasteiger partial charge in [-0.05, 0) is 49.4 Å². The molecule has 0 aliphatic carbocycles. The Morgan fingerprint density at radius 1 is 1.04 bits per heavy atom. The molecular formula is C18H21O4P. The van der Waals surface area contributed by atoms with Crippen LogP contribution in [0.2, 0.25) is 0 Å². The molecule has 1 unspecified atom stereocenters. The predicted molar refractivity (Wildman–Crippen MR) is 91.0 cm³/mol. The highest BCUT2D eigenvalue weighted by atomic mass is 31.2. The van der Waals surface area contributed by atoms with Gasteiger partial charge in [-0.3, -0.25) is 4.89 Å². The summed E-state index contributed by atoms with van der Waals surface area (Å²) in [4.78, 5) is 10.1. The van der Waals surface area contributed by atoms with Gasteiger partial charge in [0, 0.05) is 11.1 Å². The highest BCUT2D eigenvalue weighted by Gasteiger charge is 2.34. The van der Waals surface area contributed by atoms with E-state index in [1.807, 2.05) is 38.1 Å². The van der Waals surface area contributed by atoms with E-state index in [2.05, 4.69) is 6.92 Å². The SMILES string of the molecule is CCCCc1ccc(C)c2c1OP(=O)(O)Oc1cccc(C)c1-2. The third-order valence-corrected chi connectivity index (χ3v) is 4.99. The summed E-state index contributed by atoms with van der Waals surface area (Å²) < 4.78 is 23.1. The predicted octanol–water partition coefficient (Wildman–Crippen LogP) is 5.18. The molecule has 5 heteroatoms. The van der Waals surface area contributed by atoms with Gasteiger partial charge < -0.3 is 9.05 Å². The number of phosphoric acid groups is 1. The summed E-state index contributed by atoms with van der Waals surface area (Å²) in [5, 5.41) is 0. The van der Waals surface area contributed by atoms with Crippen molar-refractivity contribution in [1.82, 2.24) is 0 Å². The van der Waals surface area contributed by atoms with Crippen molar-refractivity contribution in [3.05, 3.63) is 47.0 Å². The van der Waals surface area contributed by atoms with Gasteiger partial charge in [0.05, 0.1) is 0 Å². The Kier molecular flexibility index (Phi) is 4.22. The average molecular weight is 332 g/mol. The molecule has 1 aliphatic rings. The van der Waals surface area contributed by atoms with Gasteiger partial charge in [0.15, 0.2) is 0 Å². The summed E-state index contributed by atoms with van der Waals surface area (Å²) in [6.07, 6.45) is 2.85. The van der Waals surface area contributed by atoms with Crippen molar-refractivity contribution in [2.45, 2.75) is 40.0 Å². The minimum Gasteiger partial charge on any atom is -0.395 e. The average Bonchev–Trinajstić information content (AvgIpc) is 2.60. The van der Waals surface area contributed by atoms with Crippen LogP contribution in [0.15, 0.2) is 30.3 Å². The van der Waals surface area contributed by atoms with Crippen molar-refractivity contribution in [3.8, 4) is 22.6 Å². The van der Waals surface area contributed by atoms with Crippen molar-refractivity contribution in [2.75, 3.05) is 0 Å². The maximum Gasteiger partial charge on any atom is 0.584 e. The summed E-state index contributed by atoms with van der Waals surface area (Å²) in [7, 11) is -4.19. The molecule has 1 N–H and O–H groups in total. The van der Waals surface area contributed by atoms with E-state index in [9.17, 15) is 9.46 Å². The Balaban J connectivity index is 2.31. The molecule has 1 heterocycles. The van der Waals surface area contributed by atoms with Crippen LogP contribution in [0.3, 0.4) is 0 Å². The van der Waals surface area contributed by atoms with Crippen molar-refractivity contribution >= 4 is 7.82 Å². The second kappa shape index (κ2) is 6.03. The van der Waals surface area contributed by atoms with E-state index in [0.29, 0.717) is 11.5 Å². The van der Waals surface area contributed by atoms with E-state index in [-0.39, 0.29) is 0 Å². The van der Waals surface area contributed by atoms with Gasteiger partial charge >= 0.3 is 7.82 Å². The molecule has 0 amide bonds. The molecule has 0 bridgehead atoms. The zero-order valence-corrected chi connectivity index (χ0v) is 14.5. The molecule has 3 rings (SSSR count). The molecular weight excluding hydrogens is 311 g/mol. The molecule has 122 valence electrons. The van der Waals surface area contributed by atoms with E-state index >= 15 is 0 Å². The topological polar surface area (TPSA) is 55.8 Å². The fraction of sp³-hybridized carbons (Fsp3) is 0.333. The number of hydrogen-bond donors (Lipinski definition) is 1. The minimum absolute atomic E-state index is 0.394. The van der Waals surface area contributed by atoms with Crippen LogP contribution in [0.1, 0.15) is 36.5 Å². The van der Waals surface area contributed by atoms with Crippen LogP contribution < -0.4 is 9.05 Å². The van der Waals surface area contributed by atoms with Crippen LogP contribution in [0.25, 0.3) is 11.1 Å². The molecule has 0 aromatic heterocycles. The lowest BCUT2D eigenvalue weighted by Crippen LogP contribution is -2.00. The molecule has 23 heavy (non-hydrogen) atoms. The molecule has 4 nitrogen and oxygen atoms in total. The zero-order valence-electron chi connectivity index (χ0n) is 13.6. The fourth-order valence-electron chi connectivity index (χ4n) is 3.00. The van der Waals surface area contributed by atoms with Gasteiger partial charge in [-0.25, -0.2) is 4.57 Å². The van der Waals surface area contributed by atoms with Crippen molar-refractivity contribution < 1.29 is 18.5 Å². The van der Waals surface area contributed by atoms with Gasteiger partial charge in [0.25, 0.3) is 0 Å². The first-order chi connectivity index (χ1) is 10.9. The number of benzene rings is 2. The first-order valence-corrected chi connectivity index (χ1v) is 9.37. The van der Waals surface area contributed by atoms with Gasteiger partial charge in [0.2, 0.25) is 0 Å². The fourth-order valence-corrected chi connectivity index (χ4v) is 3.88. The highest BCUT2D eigenvalue weighted by molar-refractivity contribution is 7.48. The standard InChI is InChI=1S/C18H21O4P/c1-4-5-8-14-11-10-13(3)17-16-12(2)7-6-9-15(16)21-23(19,20)22-18(14)17/h6-7,9-11H,4-5,8H2,1-3H3,(H,19,20). The lowest BCUT2D eigenvalue weighted by molar-refractivity contribution is 0.293. The lowest BCUT2D eigenvalue weighted by Gasteiger charge is -2.16. The Morgan fingerprint density at radius 2 is 1.78 bits per heavy atom. The maximum atomic E-state index is 12.3.